The molecule has 0 amide bonds. The highest BCUT2D eigenvalue weighted by Gasteiger charge is 2.29. The molecular formula is C13H26N2O2. The van der Waals surface area contributed by atoms with Crippen LogP contribution in [0.1, 0.15) is 27.7 Å². The minimum Gasteiger partial charge on any atom is -0.469 e. The molecule has 1 saturated heterocycles. The normalized spacial score (nSPS) is 22.5. The van der Waals surface area contributed by atoms with Gasteiger partial charge in [-0.1, -0.05) is 6.92 Å². The summed E-state index contributed by atoms with van der Waals surface area (Å²) < 4.78 is 4.81. The van der Waals surface area contributed by atoms with Gasteiger partial charge in [-0.2, -0.15) is 0 Å². The number of carbonyl (C=O) groups is 1. The monoisotopic (exact) mass is 242 g/mol. The quantitative estimate of drug-likeness (QED) is 0.694. The fourth-order valence-electron chi connectivity index (χ4n) is 2.36. The van der Waals surface area contributed by atoms with E-state index in [0.29, 0.717) is 6.04 Å². The van der Waals surface area contributed by atoms with Crippen molar-refractivity contribution in [1.29, 1.82) is 0 Å². The molecule has 1 fully saturated rings. The van der Waals surface area contributed by atoms with Crippen LogP contribution in [-0.4, -0.2) is 61.1 Å². The van der Waals surface area contributed by atoms with E-state index in [4.69, 9.17) is 4.74 Å². The van der Waals surface area contributed by atoms with Gasteiger partial charge in [-0.15, -0.1) is 0 Å². The highest BCUT2D eigenvalue weighted by atomic mass is 16.5. The molecule has 100 valence electrons. The molecule has 0 bridgehead atoms. The maximum absolute atomic E-state index is 11.5. The number of piperazine rings is 1. The Kier molecular flexibility index (Phi) is 5.40. The van der Waals surface area contributed by atoms with E-state index in [9.17, 15) is 4.79 Å². The van der Waals surface area contributed by atoms with Crippen molar-refractivity contribution < 1.29 is 9.53 Å². The molecule has 2 unspecified atom stereocenters. The van der Waals surface area contributed by atoms with Crippen LogP contribution in [0.3, 0.4) is 0 Å². The average molecular weight is 242 g/mol. The second-order valence-electron chi connectivity index (χ2n) is 5.22. The molecule has 0 spiro atoms. The highest BCUT2D eigenvalue weighted by molar-refractivity contribution is 5.72. The maximum Gasteiger partial charge on any atom is 0.309 e. The number of ether oxygens (including phenoxy) is 1. The summed E-state index contributed by atoms with van der Waals surface area (Å²) in [5.41, 5.74) is 0. The van der Waals surface area contributed by atoms with Gasteiger partial charge < -0.3 is 4.74 Å². The topological polar surface area (TPSA) is 32.8 Å². The summed E-state index contributed by atoms with van der Waals surface area (Å²) in [4.78, 5) is 16.4. The SMILES string of the molecule is COC(=O)C(C)C(C)N1CCN(C(C)C)CC1. The van der Waals surface area contributed by atoms with E-state index in [1.54, 1.807) is 0 Å². The summed E-state index contributed by atoms with van der Waals surface area (Å²) in [7, 11) is 1.46. The summed E-state index contributed by atoms with van der Waals surface area (Å²) in [5, 5.41) is 0. The van der Waals surface area contributed by atoms with Crippen LogP contribution < -0.4 is 0 Å². The van der Waals surface area contributed by atoms with Gasteiger partial charge in [0.25, 0.3) is 0 Å². The lowest BCUT2D eigenvalue weighted by Gasteiger charge is -2.40. The Labute approximate surface area is 105 Å². The van der Waals surface area contributed by atoms with E-state index in [2.05, 4.69) is 30.6 Å². The number of hydrogen-bond acceptors (Lipinski definition) is 4. The highest BCUT2D eigenvalue weighted by Crippen LogP contribution is 2.15. The number of methoxy groups -OCH3 is 1. The van der Waals surface area contributed by atoms with E-state index >= 15 is 0 Å². The number of carbonyl (C=O) groups excluding carboxylic acids is 1. The van der Waals surface area contributed by atoms with Crippen molar-refractivity contribution in [2.75, 3.05) is 33.3 Å². The zero-order chi connectivity index (χ0) is 13.0. The summed E-state index contributed by atoms with van der Waals surface area (Å²) in [5.74, 6) is -0.158. The van der Waals surface area contributed by atoms with E-state index in [1.165, 1.54) is 7.11 Å². The Morgan fingerprint density at radius 1 is 1.00 bits per heavy atom. The van der Waals surface area contributed by atoms with Gasteiger partial charge in [-0.25, -0.2) is 0 Å². The molecule has 17 heavy (non-hydrogen) atoms. The third kappa shape index (κ3) is 3.68. The zero-order valence-electron chi connectivity index (χ0n) is 11.8. The number of nitrogens with zero attached hydrogens (tertiary/aromatic N) is 2. The molecule has 1 rings (SSSR count). The first-order valence-corrected chi connectivity index (χ1v) is 6.53. The number of esters is 1. The Balaban J connectivity index is 2.45. The van der Waals surface area contributed by atoms with Crippen molar-refractivity contribution in [2.24, 2.45) is 5.92 Å². The first kappa shape index (κ1) is 14.5. The number of rotatable bonds is 4. The summed E-state index contributed by atoms with van der Waals surface area (Å²) >= 11 is 0. The zero-order valence-corrected chi connectivity index (χ0v) is 11.8. The molecule has 1 heterocycles. The Morgan fingerprint density at radius 2 is 1.47 bits per heavy atom. The Hall–Kier alpha value is -0.610. The lowest BCUT2D eigenvalue weighted by molar-refractivity contribution is -0.147. The predicted octanol–water partition coefficient (Wildman–Crippen LogP) is 1.21. The van der Waals surface area contributed by atoms with Gasteiger partial charge in [0.15, 0.2) is 0 Å². The first-order chi connectivity index (χ1) is 7.97. The molecule has 0 aromatic heterocycles. The minimum absolute atomic E-state index is 0.0504. The third-order valence-electron chi connectivity index (χ3n) is 3.95. The fraction of sp³-hybridized carbons (Fsp3) is 0.923. The van der Waals surface area contributed by atoms with Crippen LogP contribution in [0.2, 0.25) is 0 Å². The minimum atomic E-state index is -0.108. The standard InChI is InChI=1S/C13H26N2O2/c1-10(2)14-6-8-15(9-7-14)12(4)11(3)13(16)17-5/h10-12H,6-9H2,1-5H3. The van der Waals surface area contributed by atoms with Gasteiger partial charge in [-0.05, 0) is 20.8 Å². The molecule has 0 aliphatic carbocycles. The van der Waals surface area contributed by atoms with E-state index in [1.807, 2.05) is 6.92 Å². The molecule has 2 atom stereocenters. The van der Waals surface area contributed by atoms with Gasteiger partial charge in [-0.3, -0.25) is 14.6 Å². The van der Waals surface area contributed by atoms with Crippen molar-refractivity contribution in [2.45, 2.75) is 39.8 Å². The van der Waals surface area contributed by atoms with Crippen LogP contribution in [0, 0.1) is 5.92 Å². The first-order valence-electron chi connectivity index (χ1n) is 6.53. The van der Waals surface area contributed by atoms with Gasteiger partial charge >= 0.3 is 5.97 Å². The van der Waals surface area contributed by atoms with Crippen LogP contribution in [0.15, 0.2) is 0 Å². The van der Waals surface area contributed by atoms with Crippen LogP contribution in [-0.2, 0) is 9.53 Å². The number of hydrogen-bond donors (Lipinski definition) is 0. The smallest absolute Gasteiger partial charge is 0.309 e. The second kappa shape index (κ2) is 6.36. The molecule has 1 aliphatic rings. The molecule has 0 aromatic carbocycles. The van der Waals surface area contributed by atoms with E-state index in [0.717, 1.165) is 26.2 Å². The van der Waals surface area contributed by atoms with Crippen molar-refractivity contribution in [3.63, 3.8) is 0 Å². The molecular weight excluding hydrogens is 216 g/mol. The lowest BCUT2D eigenvalue weighted by atomic mass is 10.0. The van der Waals surface area contributed by atoms with Crippen LogP contribution in [0.25, 0.3) is 0 Å². The molecule has 0 radical (unpaired) electrons. The van der Waals surface area contributed by atoms with E-state index in [-0.39, 0.29) is 17.9 Å². The predicted molar refractivity (Wildman–Crippen MR) is 68.9 cm³/mol. The molecule has 0 saturated carbocycles. The molecule has 4 nitrogen and oxygen atoms in total. The van der Waals surface area contributed by atoms with Crippen LogP contribution in [0.4, 0.5) is 0 Å². The molecule has 0 aromatic rings. The summed E-state index contributed by atoms with van der Waals surface area (Å²) in [6.07, 6.45) is 0. The van der Waals surface area contributed by atoms with Gasteiger partial charge in [0.1, 0.15) is 0 Å². The Bertz CT molecular complexity index is 248. The molecule has 0 N–H and O–H groups in total. The summed E-state index contributed by atoms with van der Waals surface area (Å²) in [6, 6.07) is 0.877. The maximum atomic E-state index is 11.5. The van der Waals surface area contributed by atoms with Gasteiger partial charge in [0.2, 0.25) is 0 Å². The molecule has 4 heteroatoms. The van der Waals surface area contributed by atoms with Crippen molar-refractivity contribution in [3.05, 3.63) is 0 Å². The molecule has 1 aliphatic heterocycles. The van der Waals surface area contributed by atoms with Crippen LogP contribution in [0.5, 0.6) is 0 Å². The van der Waals surface area contributed by atoms with Crippen molar-refractivity contribution >= 4 is 5.97 Å². The Morgan fingerprint density at radius 3 is 1.88 bits per heavy atom. The lowest BCUT2D eigenvalue weighted by Crippen LogP contribution is -2.53. The third-order valence-corrected chi connectivity index (χ3v) is 3.95. The fourth-order valence-corrected chi connectivity index (χ4v) is 2.36. The van der Waals surface area contributed by atoms with Gasteiger partial charge in [0, 0.05) is 38.3 Å². The second-order valence-corrected chi connectivity index (χ2v) is 5.22. The largest absolute Gasteiger partial charge is 0.469 e. The summed E-state index contributed by atoms with van der Waals surface area (Å²) in [6.45, 7) is 12.8. The van der Waals surface area contributed by atoms with Crippen molar-refractivity contribution in [3.8, 4) is 0 Å². The van der Waals surface area contributed by atoms with Crippen molar-refractivity contribution in [1.82, 2.24) is 9.80 Å². The van der Waals surface area contributed by atoms with E-state index < -0.39 is 0 Å². The average Bonchev–Trinajstić information content (AvgIpc) is 2.36. The van der Waals surface area contributed by atoms with Crippen LogP contribution >= 0.6 is 0 Å². The van der Waals surface area contributed by atoms with Gasteiger partial charge in [0.05, 0.1) is 13.0 Å².